The van der Waals surface area contributed by atoms with Crippen molar-refractivity contribution >= 4 is 17.9 Å². The van der Waals surface area contributed by atoms with Gasteiger partial charge in [-0.3, -0.25) is 19.8 Å². The first-order valence-electron chi connectivity index (χ1n) is 5.73. The second-order valence-electron chi connectivity index (χ2n) is 4.17. The van der Waals surface area contributed by atoms with Gasteiger partial charge in [-0.05, 0) is 0 Å². The molecule has 8 nitrogen and oxygen atoms in total. The van der Waals surface area contributed by atoms with Crippen LogP contribution in [0.2, 0.25) is 0 Å². The zero-order valence-corrected chi connectivity index (χ0v) is 10.1. The van der Waals surface area contributed by atoms with Crippen LogP contribution < -0.4 is 11.1 Å². The van der Waals surface area contributed by atoms with Gasteiger partial charge in [0.25, 0.3) is 0 Å². The lowest BCUT2D eigenvalue weighted by molar-refractivity contribution is -0.138. The van der Waals surface area contributed by atoms with E-state index in [-0.39, 0.29) is 13.0 Å². The Morgan fingerprint density at radius 3 is 2.17 bits per heavy atom. The summed E-state index contributed by atoms with van der Waals surface area (Å²) in [6, 6.07) is -0.841. The first-order valence-corrected chi connectivity index (χ1v) is 5.73. The number of rotatable bonds is 5. The highest BCUT2D eigenvalue weighted by Gasteiger charge is 2.19. The fraction of sp³-hybridized carbons (Fsp3) is 0.700. The Labute approximate surface area is 105 Å². The van der Waals surface area contributed by atoms with Crippen LogP contribution in [0.5, 0.6) is 0 Å². The summed E-state index contributed by atoms with van der Waals surface area (Å²) >= 11 is 0. The number of carbonyl (C=O) groups excluding carboxylic acids is 2. The summed E-state index contributed by atoms with van der Waals surface area (Å²) in [6.45, 7) is 3.37. The van der Waals surface area contributed by atoms with E-state index in [0.29, 0.717) is 19.6 Å². The van der Waals surface area contributed by atoms with Crippen LogP contribution in [0.25, 0.3) is 0 Å². The van der Waals surface area contributed by atoms with E-state index >= 15 is 0 Å². The van der Waals surface area contributed by atoms with Gasteiger partial charge < -0.3 is 15.7 Å². The number of nitrogens with one attached hydrogen (secondary N) is 1. The van der Waals surface area contributed by atoms with Crippen molar-refractivity contribution in [2.45, 2.75) is 6.42 Å². The van der Waals surface area contributed by atoms with E-state index in [4.69, 9.17) is 10.8 Å². The predicted molar refractivity (Wildman–Crippen MR) is 62.9 cm³/mol. The van der Waals surface area contributed by atoms with Gasteiger partial charge in [-0.2, -0.15) is 0 Å². The third-order valence-electron chi connectivity index (χ3n) is 2.74. The predicted octanol–water partition coefficient (Wildman–Crippen LogP) is -1.73. The number of piperazine rings is 1. The molecule has 1 saturated heterocycles. The highest BCUT2D eigenvalue weighted by molar-refractivity contribution is 5.93. The van der Waals surface area contributed by atoms with Crippen LogP contribution in [0.15, 0.2) is 0 Å². The lowest BCUT2D eigenvalue weighted by Crippen LogP contribution is -2.48. The van der Waals surface area contributed by atoms with E-state index in [9.17, 15) is 14.4 Å². The molecule has 0 radical (unpaired) electrons. The van der Waals surface area contributed by atoms with E-state index < -0.39 is 17.9 Å². The number of amides is 3. The van der Waals surface area contributed by atoms with Gasteiger partial charge in [-0.1, -0.05) is 0 Å². The summed E-state index contributed by atoms with van der Waals surface area (Å²) < 4.78 is 0. The number of carboxylic acid groups (broad SMARTS) is 1. The van der Waals surface area contributed by atoms with Crippen LogP contribution in [0.4, 0.5) is 4.79 Å². The molecule has 1 rings (SSSR count). The summed E-state index contributed by atoms with van der Waals surface area (Å²) in [5, 5.41) is 10.6. The average Bonchev–Trinajstić information content (AvgIpc) is 2.26. The summed E-state index contributed by atoms with van der Waals surface area (Å²) in [4.78, 5) is 36.0. The van der Waals surface area contributed by atoms with Gasteiger partial charge in [0.1, 0.15) is 0 Å². The standard InChI is InChI=1S/C10H18N4O4/c11-10(18)12-8(15)1-2-13-3-5-14(6-4-13)7-9(16)17/h1-7H2,(H,16,17)(H3,11,12,15,18). The topological polar surface area (TPSA) is 116 Å². The second kappa shape index (κ2) is 6.92. The summed E-state index contributed by atoms with van der Waals surface area (Å²) in [6.07, 6.45) is 0.210. The van der Waals surface area contributed by atoms with Crippen LogP contribution in [0.3, 0.4) is 0 Å². The summed E-state index contributed by atoms with van der Waals surface area (Å²) in [5.74, 6) is -1.22. The molecule has 102 valence electrons. The Morgan fingerprint density at radius 2 is 1.67 bits per heavy atom. The molecule has 0 aromatic heterocycles. The molecule has 1 aliphatic rings. The minimum atomic E-state index is -0.841. The van der Waals surface area contributed by atoms with Gasteiger partial charge in [0.05, 0.1) is 6.54 Å². The minimum Gasteiger partial charge on any atom is -0.480 e. The Morgan fingerprint density at radius 1 is 1.11 bits per heavy atom. The number of carbonyl (C=O) groups is 3. The normalized spacial score (nSPS) is 17.3. The SMILES string of the molecule is NC(=O)NC(=O)CCN1CCN(CC(=O)O)CC1. The molecule has 0 aromatic carbocycles. The molecule has 0 saturated carbocycles. The van der Waals surface area contributed by atoms with E-state index in [1.54, 1.807) is 0 Å². The Balaban J connectivity index is 2.17. The Hall–Kier alpha value is -1.67. The monoisotopic (exact) mass is 258 g/mol. The molecular weight excluding hydrogens is 240 g/mol. The van der Waals surface area contributed by atoms with Crippen molar-refractivity contribution in [1.29, 1.82) is 0 Å². The molecule has 0 spiro atoms. The number of nitrogens with two attached hydrogens (primary N) is 1. The second-order valence-corrected chi connectivity index (χ2v) is 4.17. The molecule has 0 bridgehead atoms. The zero-order valence-electron chi connectivity index (χ0n) is 10.1. The molecular formula is C10H18N4O4. The molecule has 1 aliphatic heterocycles. The maximum absolute atomic E-state index is 11.2. The Bertz CT molecular complexity index is 326. The lowest BCUT2D eigenvalue weighted by Gasteiger charge is -2.33. The molecule has 8 heteroatoms. The molecule has 0 unspecified atom stereocenters. The number of urea groups is 1. The number of hydrogen-bond donors (Lipinski definition) is 3. The molecule has 4 N–H and O–H groups in total. The van der Waals surface area contributed by atoms with E-state index in [0.717, 1.165) is 13.1 Å². The van der Waals surface area contributed by atoms with Crippen LogP contribution >= 0.6 is 0 Å². The van der Waals surface area contributed by atoms with Crippen molar-refractivity contribution in [3.05, 3.63) is 0 Å². The smallest absolute Gasteiger partial charge is 0.318 e. The maximum Gasteiger partial charge on any atom is 0.318 e. The van der Waals surface area contributed by atoms with Crippen molar-refractivity contribution in [1.82, 2.24) is 15.1 Å². The van der Waals surface area contributed by atoms with Crippen LogP contribution in [0, 0.1) is 0 Å². The first kappa shape index (κ1) is 14.4. The zero-order chi connectivity index (χ0) is 13.5. The molecule has 18 heavy (non-hydrogen) atoms. The van der Waals surface area contributed by atoms with Crippen LogP contribution in [-0.4, -0.2) is 72.1 Å². The molecule has 0 atom stereocenters. The third-order valence-corrected chi connectivity index (χ3v) is 2.74. The first-order chi connectivity index (χ1) is 8.47. The number of imide groups is 1. The molecule has 3 amide bonds. The number of carboxylic acids is 1. The van der Waals surface area contributed by atoms with Crippen LogP contribution in [-0.2, 0) is 9.59 Å². The van der Waals surface area contributed by atoms with E-state index in [1.165, 1.54) is 0 Å². The number of aliphatic carboxylic acids is 1. The number of nitrogens with zero attached hydrogens (tertiary/aromatic N) is 2. The Kier molecular flexibility index (Phi) is 5.53. The molecule has 1 heterocycles. The van der Waals surface area contributed by atoms with Gasteiger partial charge >= 0.3 is 12.0 Å². The van der Waals surface area contributed by atoms with Gasteiger partial charge in [-0.15, -0.1) is 0 Å². The number of hydrogen-bond acceptors (Lipinski definition) is 5. The number of primary amides is 1. The minimum absolute atomic E-state index is 0.0516. The summed E-state index contributed by atoms with van der Waals surface area (Å²) in [5.41, 5.74) is 4.82. The van der Waals surface area contributed by atoms with Crippen molar-refractivity contribution in [3.8, 4) is 0 Å². The quantitative estimate of drug-likeness (QED) is 0.540. The van der Waals surface area contributed by atoms with Crippen molar-refractivity contribution < 1.29 is 19.5 Å². The van der Waals surface area contributed by atoms with Crippen molar-refractivity contribution in [3.63, 3.8) is 0 Å². The largest absolute Gasteiger partial charge is 0.480 e. The van der Waals surface area contributed by atoms with Crippen LogP contribution in [0.1, 0.15) is 6.42 Å². The third kappa shape index (κ3) is 5.60. The highest BCUT2D eigenvalue weighted by atomic mass is 16.4. The molecule has 1 fully saturated rings. The van der Waals surface area contributed by atoms with Gasteiger partial charge in [0.2, 0.25) is 5.91 Å². The van der Waals surface area contributed by atoms with E-state index in [2.05, 4.69) is 4.90 Å². The highest BCUT2D eigenvalue weighted by Crippen LogP contribution is 2.02. The molecule has 0 aromatic rings. The van der Waals surface area contributed by atoms with Gasteiger partial charge in [0, 0.05) is 39.1 Å². The molecule has 0 aliphatic carbocycles. The maximum atomic E-state index is 11.2. The van der Waals surface area contributed by atoms with Gasteiger partial charge in [0.15, 0.2) is 0 Å². The summed E-state index contributed by atoms with van der Waals surface area (Å²) in [7, 11) is 0. The fourth-order valence-electron chi connectivity index (χ4n) is 1.82. The average molecular weight is 258 g/mol. The van der Waals surface area contributed by atoms with E-state index in [1.807, 2.05) is 10.2 Å². The van der Waals surface area contributed by atoms with Crippen molar-refractivity contribution in [2.75, 3.05) is 39.3 Å². The van der Waals surface area contributed by atoms with Gasteiger partial charge in [-0.25, -0.2) is 4.79 Å². The van der Waals surface area contributed by atoms with Crippen molar-refractivity contribution in [2.24, 2.45) is 5.73 Å². The fourth-order valence-corrected chi connectivity index (χ4v) is 1.82. The lowest BCUT2D eigenvalue weighted by atomic mass is 10.3.